The summed E-state index contributed by atoms with van der Waals surface area (Å²) in [5, 5.41) is 0. The van der Waals surface area contributed by atoms with Crippen LogP contribution in [0.1, 0.15) is 6.42 Å². The largest absolute Gasteiger partial charge is 0.501 e. The first-order valence-corrected chi connectivity index (χ1v) is 4.15. The molecular weight excluding hydrogens is 168 g/mol. The number of carbonyl (C=O) groups excluding carboxylic acids is 1. The number of ketones is 1. The Bertz CT molecular complexity index is 243. The van der Waals surface area contributed by atoms with Crippen molar-refractivity contribution in [3.05, 3.63) is 24.5 Å². The van der Waals surface area contributed by atoms with E-state index in [1.807, 2.05) is 6.08 Å². The monoisotopic (exact) mass is 182 g/mol. The van der Waals surface area contributed by atoms with Gasteiger partial charge in [-0.05, 0) is 6.08 Å². The van der Waals surface area contributed by atoms with Gasteiger partial charge in [0.1, 0.15) is 11.5 Å². The van der Waals surface area contributed by atoms with Gasteiger partial charge in [0.05, 0.1) is 25.6 Å². The van der Waals surface area contributed by atoms with Gasteiger partial charge < -0.3 is 9.47 Å². The van der Waals surface area contributed by atoms with Gasteiger partial charge in [0.15, 0.2) is 0 Å². The van der Waals surface area contributed by atoms with E-state index in [1.165, 1.54) is 0 Å². The maximum absolute atomic E-state index is 11.5. The van der Waals surface area contributed by atoms with Crippen molar-refractivity contribution in [1.29, 1.82) is 0 Å². The second kappa shape index (κ2) is 4.23. The standard InChI is InChI=1S/C10H14O3/c1-4-8-9(11)5-7(12-2)6-10(8)13-3/h4,6,8,10H,1,5H2,2-3H3. The molecule has 1 aliphatic rings. The van der Waals surface area contributed by atoms with Gasteiger partial charge in [0.2, 0.25) is 0 Å². The predicted octanol–water partition coefficient (Wildman–Crippen LogP) is 1.31. The van der Waals surface area contributed by atoms with E-state index in [0.717, 1.165) is 0 Å². The molecule has 2 atom stereocenters. The number of methoxy groups -OCH3 is 2. The molecule has 13 heavy (non-hydrogen) atoms. The fourth-order valence-corrected chi connectivity index (χ4v) is 1.44. The first-order chi connectivity index (χ1) is 6.22. The summed E-state index contributed by atoms with van der Waals surface area (Å²) in [6.45, 7) is 3.61. The van der Waals surface area contributed by atoms with Crippen molar-refractivity contribution in [3.63, 3.8) is 0 Å². The van der Waals surface area contributed by atoms with Crippen LogP contribution in [0.15, 0.2) is 24.5 Å². The number of ether oxygens (including phenoxy) is 2. The molecule has 3 heteroatoms. The third kappa shape index (κ3) is 1.98. The molecule has 0 aromatic heterocycles. The minimum absolute atomic E-state index is 0.0983. The second-order valence-corrected chi connectivity index (χ2v) is 2.94. The van der Waals surface area contributed by atoms with Gasteiger partial charge in [0, 0.05) is 7.11 Å². The predicted molar refractivity (Wildman–Crippen MR) is 49.2 cm³/mol. The highest BCUT2D eigenvalue weighted by atomic mass is 16.5. The summed E-state index contributed by atoms with van der Waals surface area (Å²) < 4.78 is 10.2. The fourth-order valence-electron chi connectivity index (χ4n) is 1.44. The highest BCUT2D eigenvalue weighted by Gasteiger charge is 2.29. The van der Waals surface area contributed by atoms with Gasteiger partial charge in [-0.3, -0.25) is 4.79 Å². The number of rotatable bonds is 3. The summed E-state index contributed by atoms with van der Waals surface area (Å²) in [4.78, 5) is 11.5. The second-order valence-electron chi connectivity index (χ2n) is 2.94. The van der Waals surface area contributed by atoms with E-state index in [0.29, 0.717) is 12.2 Å². The summed E-state index contributed by atoms with van der Waals surface area (Å²) in [6.07, 6.45) is 3.56. The zero-order valence-electron chi connectivity index (χ0n) is 7.95. The van der Waals surface area contributed by atoms with Gasteiger partial charge in [-0.15, -0.1) is 6.58 Å². The van der Waals surface area contributed by atoms with Crippen molar-refractivity contribution in [2.75, 3.05) is 14.2 Å². The van der Waals surface area contributed by atoms with Gasteiger partial charge in [-0.1, -0.05) is 6.08 Å². The molecule has 1 rings (SSSR count). The molecule has 0 aromatic carbocycles. The van der Waals surface area contributed by atoms with Crippen LogP contribution >= 0.6 is 0 Å². The molecule has 2 unspecified atom stereocenters. The molecule has 3 nitrogen and oxygen atoms in total. The Morgan fingerprint density at radius 2 is 2.31 bits per heavy atom. The lowest BCUT2D eigenvalue weighted by Crippen LogP contribution is -2.31. The topological polar surface area (TPSA) is 35.5 Å². The van der Waals surface area contributed by atoms with E-state index in [4.69, 9.17) is 9.47 Å². The molecule has 0 aliphatic heterocycles. The summed E-state index contributed by atoms with van der Waals surface area (Å²) in [5.74, 6) is 0.542. The van der Waals surface area contributed by atoms with E-state index in [9.17, 15) is 4.79 Å². The van der Waals surface area contributed by atoms with Crippen molar-refractivity contribution in [1.82, 2.24) is 0 Å². The Morgan fingerprint density at radius 3 is 2.77 bits per heavy atom. The van der Waals surface area contributed by atoms with Crippen molar-refractivity contribution in [3.8, 4) is 0 Å². The molecule has 0 amide bonds. The summed E-state index contributed by atoms with van der Waals surface area (Å²) in [6, 6.07) is 0. The summed E-state index contributed by atoms with van der Waals surface area (Å²) >= 11 is 0. The quantitative estimate of drug-likeness (QED) is 0.617. The molecule has 0 saturated heterocycles. The molecule has 0 N–H and O–H groups in total. The van der Waals surface area contributed by atoms with E-state index in [1.54, 1.807) is 20.3 Å². The molecule has 0 heterocycles. The van der Waals surface area contributed by atoms with Crippen molar-refractivity contribution < 1.29 is 14.3 Å². The maximum atomic E-state index is 11.5. The van der Waals surface area contributed by atoms with E-state index in [-0.39, 0.29) is 17.8 Å². The molecule has 72 valence electrons. The molecule has 1 aliphatic carbocycles. The molecule has 0 spiro atoms. The van der Waals surface area contributed by atoms with Crippen LogP contribution in [0.5, 0.6) is 0 Å². The van der Waals surface area contributed by atoms with Crippen LogP contribution in [0.25, 0.3) is 0 Å². The van der Waals surface area contributed by atoms with Crippen LogP contribution in [0.3, 0.4) is 0 Å². The Morgan fingerprint density at radius 1 is 1.62 bits per heavy atom. The number of hydrogen-bond acceptors (Lipinski definition) is 3. The highest BCUT2D eigenvalue weighted by molar-refractivity contribution is 5.86. The number of Topliss-reactive ketones (excluding diaryl/α,β-unsaturated/α-hetero) is 1. The van der Waals surface area contributed by atoms with Crippen molar-refractivity contribution in [2.45, 2.75) is 12.5 Å². The lowest BCUT2D eigenvalue weighted by atomic mass is 9.89. The SMILES string of the molecule is C=CC1C(=O)CC(OC)=CC1OC. The molecule has 0 radical (unpaired) electrons. The molecular formula is C10H14O3. The van der Waals surface area contributed by atoms with Crippen LogP contribution in [0, 0.1) is 5.92 Å². The third-order valence-corrected chi connectivity index (χ3v) is 2.21. The van der Waals surface area contributed by atoms with Crippen LogP contribution < -0.4 is 0 Å². The average Bonchev–Trinajstić information content (AvgIpc) is 2.16. The smallest absolute Gasteiger partial charge is 0.150 e. The van der Waals surface area contributed by atoms with Gasteiger partial charge in [-0.2, -0.15) is 0 Å². The lowest BCUT2D eigenvalue weighted by molar-refractivity contribution is -0.125. The first kappa shape index (κ1) is 9.99. The van der Waals surface area contributed by atoms with Crippen LogP contribution in [0.4, 0.5) is 0 Å². The molecule has 0 aromatic rings. The lowest BCUT2D eigenvalue weighted by Gasteiger charge is -2.24. The highest BCUT2D eigenvalue weighted by Crippen LogP contribution is 2.23. The normalized spacial score (nSPS) is 28.2. The van der Waals surface area contributed by atoms with Crippen LogP contribution in [-0.4, -0.2) is 26.1 Å². The fraction of sp³-hybridized carbons (Fsp3) is 0.500. The zero-order valence-corrected chi connectivity index (χ0v) is 7.95. The summed E-state index contributed by atoms with van der Waals surface area (Å²) in [5.41, 5.74) is 0. The van der Waals surface area contributed by atoms with E-state index in [2.05, 4.69) is 6.58 Å². The number of allylic oxidation sites excluding steroid dienone is 1. The van der Waals surface area contributed by atoms with Crippen LogP contribution in [0.2, 0.25) is 0 Å². The number of hydrogen-bond donors (Lipinski definition) is 0. The number of carbonyl (C=O) groups is 1. The molecule has 0 saturated carbocycles. The molecule has 0 fully saturated rings. The Hall–Kier alpha value is -1.09. The van der Waals surface area contributed by atoms with Gasteiger partial charge >= 0.3 is 0 Å². The van der Waals surface area contributed by atoms with Gasteiger partial charge in [-0.25, -0.2) is 0 Å². The minimum atomic E-state index is -0.233. The molecule has 0 bridgehead atoms. The first-order valence-electron chi connectivity index (χ1n) is 4.15. The van der Waals surface area contributed by atoms with Crippen LogP contribution in [-0.2, 0) is 14.3 Å². The van der Waals surface area contributed by atoms with E-state index < -0.39 is 0 Å². The summed E-state index contributed by atoms with van der Waals surface area (Å²) in [7, 11) is 3.13. The van der Waals surface area contributed by atoms with Crippen molar-refractivity contribution in [2.24, 2.45) is 5.92 Å². The van der Waals surface area contributed by atoms with Crippen molar-refractivity contribution >= 4 is 5.78 Å². The minimum Gasteiger partial charge on any atom is -0.501 e. The average molecular weight is 182 g/mol. The third-order valence-electron chi connectivity index (χ3n) is 2.21. The Kier molecular flexibility index (Phi) is 3.25. The zero-order chi connectivity index (χ0) is 9.84. The van der Waals surface area contributed by atoms with E-state index >= 15 is 0 Å². The Labute approximate surface area is 78.0 Å². The Balaban J connectivity index is 2.86. The van der Waals surface area contributed by atoms with Gasteiger partial charge in [0.25, 0.3) is 0 Å². The maximum Gasteiger partial charge on any atom is 0.150 e.